The number of hydrogen-bond acceptors (Lipinski definition) is 1. The molecule has 1 nitrogen and oxygen atoms in total. The standard InChI is InChI=1S/C10H19BrO/c1-2-4-9(11)6-7-10-5-3-8-12-10/h9-10H,2-8H2,1H3. The van der Waals surface area contributed by atoms with E-state index < -0.39 is 0 Å². The summed E-state index contributed by atoms with van der Waals surface area (Å²) >= 11 is 3.69. The average molecular weight is 235 g/mol. The van der Waals surface area contributed by atoms with Gasteiger partial charge in [0.25, 0.3) is 0 Å². The molecule has 0 amide bonds. The minimum Gasteiger partial charge on any atom is -0.378 e. The summed E-state index contributed by atoms with van der Waals surface area (Å²) in [5.74, 6) is 0. The molecule has 1 aliphatic rings. The van der Waals surface area contributed by atoms with Gasteiger partial charge in [-0.3, -0.25) is 0 Å². The maximum absolute atomic E-state index is 5.56. The van der Waals surface area contributed by atoms with Crippen LogP contribution in [0.25, 0.3) is 0 Å². The molecule has 1 aliphatic heterocycles. The highest BCUT2D eigenvalue weighted by molar-refractivity contribution is 9.09. The highest BCUT2D eigenvalue weighted by atomic mass is 79.9. The molecule has 1 fully saturated rings. The van der Waals surface area contributed by atoms with Crippen LogP contribution >= 0.6 is 15.9 Å². The van der Waals surface area contributed by atoms with E-state index in [1.807, 2.05) is 0 Å². The quantitative estimate of drug-likeness (QED) is 0.662. The molecule has 2 atom stereocenters. The Labute approximate surface area is 84.0 Å². The Balaban J connectivity index is 1.99. The van der Waals surface area contributed by atoms with Crippen molar-refractivity contribution < 1.29 is 4.74 Å². The Morgan fingerprint density at radius 1 is 1.50 bits per heavy atom. The lowest BCUT2D eigenvalue weighted by atomic mass is 10.1. The Morgan fingerprint density at radius 2 is 2.33 bits per heavy atom. The van der Waals surface area contributed by atoms with Crippen molar-refractivity contribution in [3.8, 4) is 0 Å². The highest BCUT2D eigenvalue weighted by Gasteiger charge is 2.16. The molecular formula is C10H19BrO. The molecule has 0 saturated carbocycles. The van der Waals surface area contributed by atoms with E-state index in [0.717, 1.165) is 6.61 Å². The van der Waals surface area contributed by atoms with Crippen molar-refractivity contribution in [1.82, 2.24) is 0 Å². The van der Waals surface area contributed by atoms with Gasteiger partial charge in [-0.05, 0) is 32.1 Å². The summed E-state index contributed by atoms with van der Waals surface area (Å²) in [4.78, 5) is 0.715. The number of hydrogen-bond donors (Lipinski definition) is 0. The molecule has 12 heavy (non-hydrogen) atoms. The molecule has 0 bridgehead atoms. The van der Waals surface area contributed by atoms with Gasteiger partial charge < -0.3 is 4.74 Å². The van der Waals surface area contributed by atoms with E-state index in [-0.39, 0.29) is 0 Å². The van der Waals surface area contributed by atoms with Crippen molar-refractivity contribution in [2.75, 3.05) is 6.61 Å². The minimum absolute atomic E-state index is 0.571. The number of rotatable bonds is 5. The molecule has 0 radical (unpaired) electrons. The van der Waals surface area contributed by atoms with Crippen LogP contribution < -0.4 is 0 Å². The normalized spacial score (nSPS) is 26.0. The van der Waals surface area contributed by atoms with Crippen LogP contribution in [0.2, 0.25) is 0 Å². The number of halogens is 1. The van der Waals surface area contributed by atoms with Crippen molar-refractivity contribution in [1.29, 1.82) is 0 Å². The van der Waals surface area contributed by atoms with Gasteiger partial charge in [-0.2, -0.15) is 0 Å². The van der Waals surface area contributed by atoms with Gasteiger partial charge in [0.15, 0.2) is 0 Å². The van der Waals surface area contributed by atoms with E-state index >= 15 is 0 Å². The molecule has 2 unspecified atom stereocenters. The largest absolute Gasteiger partial charge is 0.378 e. The fraction of sp³-hybridized carbons (Fsp3) is 1.00. The van der Waals surface area contributed by atoms with Gasteiger partial charge in [0.2, 0.25) is 0 Å². The maximum atomic E-state index is 5.56. The molecule has 72 valence electrons. The third kappa shape index (κ3) is 3.90. The molecule has 0 spiro atoms. The van der Waals surface area contributed by atoms with Crippen LogP contribution in [0.1, 0.15) is 45.4 Å². The number of alkyl halides is 1. The van der Waals surface area contributed by atoms with Crippen LogP contribution in [0, 0.1) is 0 Å². The molecule has 2 heteroatoms. The van der Waals surface area contributed by atoms with Crippen molar-refractivity contribution >= 4 is 15.9 Å². The van der Waals surface area contributed by atoms with Crippen LogP contribution in [0.15, 0.2) is 0 Å². The summed E-state index contributed by atoms with van der Waals surface area (Å²) in [5.41, 5.74) is 0. The predicted octanol–water partition coefficient (Wildman–Crippen LogP) is 3.51. The Kier molecular flexibility index (Phi) is 5.24. The van der Waals surface area contributed by atoms with Crippen molar-refractivity contribution in [3.05, 3.63) is 0 Å². The smallest absolute Gasteiger partial charge is 0.0576 e. The van der Waals surface area contributed by atoms with Gasteiger partial charge >= 0.3 is 0 Å². The fourth-order valence-electron chi connectivity index (χ4n) is 1.70. The van der Waals surface area contributed by atoms with Crippen molar-refractivity contribution in [2.45, 2.75) is 56.4 Å². The number of ether oxygens (including phenoxy) is 1. The van der Waals surface area contributed by atoms with E-state index in [9.17, 15) is 0 Å². The van der Waals surface area contributed by atoms with Gasteiger partial charge in [-0.25, -0.2) is 0 Å². The van der Waals surface area contributed by atoms with E-state index in [2.05, 4.69) is 22.9 Å². The second-order valence-electron chi connectivity index (χ2n) is 3.60. The first-order valence-electron chi connectivity index (χ1n) is 5.08. The average Bonchev–Trinajstić information content (AvgIpc) is 2.53. The second kappa shape index (κ2) is 5.98. The van der Waals surface area contributed by atoms with Gasteiger partial charge in [0, 0.05) is 11.4 Å². The van der Waals surface area contributed by atoms with Crippen molar-refractivity contribution in [3.63, 3.8) is 0 Å². The fourth-order valence-corrected chi connectivity index (χ4v) is 2.42. The first-order valence-corrected chi connectivity index (χ1v) is 6.00. The zero-order chi connectivity index (χ0) is 8.81. The van der Waals surface area contributed by atoms with Crippen LogP contribution in [-0.2, 0) is 4.74 Å². The zero-order valence-corrected chi connectivity index (χ0v) is 9.48. The first kappa shape index (κ1) is 10.5. The molecule has 0 aliphatic carbocycles. The minimum atomic E-state index is 0.571. The summed E-state index contributed by atoms with van der Waals surface area (Å²) in [6.07, 6.45) is 8.22. The third-order valence-corrected chi connectivity index (χ3v) is 3.34. The topological polar surface area (TPSA) is 9.23 Å². The summed E-state index contributed by atoms with van der Waals surface area (Å²) in [5, 5.41) is 0. The summed E-state index contributed by atoms with van der Waals surface area (Å²) in [6, 6.07) is 0. The monoisotopic (exact) mass is 234 g/mol. The van der Waals surface area contributed by atoms with Gasteiger partial charge in [0.05, 0.1) is 6.10 Å². The van der Waals surface area contributed by atoms with E-state index in [0.29, 0.717) is 10.9 Å². The second-order valence-corrected chi connectivity index (χ2v) is 4.89. The van der Waals surface area contributed by atoms with Crippen LogP contribution in [0.5, 0.6) is 0 Å². The molecule has 0 aromatic carbocycles. The van der Waals surface area contributed by atoms with Crippen LogP contribution in [0.4, 0.5) is 0 Å². The molecule has 0 aromatic heterocycles. The van der Waals surface area contributed by atoms with Crippen LogP contribution in [-0.4, -0.2) is 17.5 Å². The lowest BCUT2D eigenvalue weighted by Gasteiger charge is -2.12. The SMILES string of the molecule is CCCC(Br)CCC1CCCO1. The molecule has 1 saturated heterocycles. The lowest BCUT2D eigenvalue weighted by Crippen LogP contribution is -2.08. The zero-order valence-electron chi connectivity index (χ0n) is 7.89. The highest BCUT2D eigenvalue weighted by Crippen LogP contribution is 2.21. The Hall–Kier alpha value is 0.440. The Bertz CT molecular complexity index is 110. The van der Waals surface area contributed by atoms with E-state index in [1.165, 1.54) is 38.5 Å². The van der Waals surface area contributed by atoms with Gasteiger partial charge in [0.1, 0.15) is 0 Å². The van der Waals surface area contributed by atoms with Gasteiger partial charge in [-0.15, -0.1) is 0 Å². The lowest BCUT2D eigenvalue weighted by molar-refractivity contribution is 0.102. The first-order chi connectivity index (χ1) is 5.83. The molecule has 0 aromatic rings. The van der Waals surface area contributed by atoms with Crippen molar-refractivity contribution in [2.24, 2.45) is 0 Å². The predicted molar refractivity (Wildman–Crippen MR) is 55.8 cm³/mol. The molecule has 1 heterocycles. The molecule has 0 N–H and O–H groups in total. The van der Waals surface area contributed by atoms with E-state index in [4.69, 9.17) is 4.74 Å². The summed E-state index contributed by atoms with van der Waals surface area (Å²) in [7, 11) is 0. The van der Waals surface area contributed by atoms with Gasteiger partial charge in [-0.1, -0.05) is 29.3 Å². The van der Waals surface area contributed by atoms with Crippen LogP contribution in [0.3, 0.4) is 0 Å². The Morgan fingerprint density at radius 3 is 2.92 bits per heavy atom. The summed E-state index contributed by atoms with van der Waals surface area (Å²) < 4.78 is 5.56. The van der Waals surface area contributed by atoms with E-state index in [1.54, 1.807) is 0 Å². The summed E-state index contributed by atoms with van der Waals surface area (Å²) in [6.45, 7) is 3.23. The third-order valence-electron chi connectivity index (χ3n) is 2.43. The maximum Gasteiger partial charge on any atom is 0.0576 e. The molecular weight excluding hydrogens is 216 g/mol. The molecule has 1 rings (SSSR count).